The molecule has 2 rings (SSSR count). The number of halogens is 1. The molecule has 0 bridgehead atoms. The van der Waals surface area contributed by atoms with Gasteiger partial charge in [-0.25, -0.2) is 0 Å². The third-order valence-corrected chi connectivity index (χ3v) is 2.52. The second kappa shape index (κ2) is 4.98. The van der Waals surface area contributed by atoms with Gasteiger partial charge in [0, 0.05) is 30.1 Å². The largest absolute Gasteiger partial charge is 0.330 e. The Balaban J connectivity index is 2.44. The van der Waals surface area contributed by atoms with Crippen LogP contribution in [0.15, 0.2) is 30.5 Å². The first-order valence-corrected chi connectivity index (χ1v) is 5.42. The summed E-state index contributed by atoms with van der Waals surface area (Å²) in [5.74, 6) is 6.05. The van der Waals surface area contributed by atoms with Gasteiger partial charge in [-0.05, 0) is 24.3 Å². The first-order chi connectivity index (χ1) is 7.81. The topological polar surface area (TPSA) is 38.9 Å². The number of pyridine rings is 1. The van der Waals surface area contributed by atoms with Gasteiger partial charge >= 0.3 is 0 Å². The van der Waals surface area contributed by atoms with Crippen LogP contribution in [-0.4, -0.2) is 11.5 Å². The highest BCUT2D eigenvalue weighted by Crippen LogP contribution is 2.22. The minimum atomic E-state index is 0.586. The minimum Gasteiger partial charge on any atom is -0.330 e. The molecule has 0 aliphatic heterocycles. The van der Waals surface area contributed by atoms with Crippen LogP contribution in [0.3, 0.4) is 0 Å². The molecule has 80 valence electrons. The number of aromatic nitrogens is 1. The van der Waals surface area contributed by atoms with Crippen LogP contribution in [0.2, 0.25) is 5.02 Å². The molecule has 0 fully saturated rings. The molecule has 0 spiro atoms. The maximum absolute atomic E-state index is 6.08. The van der Waals surface area contributed by atoms with Crippen molar-refractivity contribution in [3.8, 4) is 11.8 Å². The van der Waals surface area contributed by atoms with Crippen molar-refractivity contribution in [1.29, 1.82) is 0 Å². The predicted octanol–water partition coefficient (Wildman–Crippen LogP) is 2.59. The molecule has 0 saturated heterocycles. The molecule has 1 aromatic carbocycles. The zero-order valence-corrected chi connectivity index (χ0v) is 9.46. The highest BCUT2D eigenvalue weighted by Gasteiger charge is 1.99. The smallest absolute Gasteiger partial charge is 0.0717 e. The molecule has 0 amide bonds. The fourth-order valence-electron chi connectivity index (χ4n) is 1.43. The number of hydrogen-bond acceptors (Lipinski definition) is 2. The van der Waals surface area contributed by atoms with E-state index >= 15 is 0 Å². The van der Waals surface area contributed by atoms with E-state index in [2.05, 4.69) is 16.8 Å². The van der Waals surface area contributed by atoms with Gasteiger partial charge in [0.05, 0.1) is 10.5 Å². The molecule has 2 aromatic rings. The molecule has 0 aliphatic carbocycles. The van der Waals surface area contributed by atoms with Gasteiger partial charge in [-0.1, -0.05) is 23.4 Å². The number of fused-ring (bicyclic) bond motifs is 1. The van der Waals surface area contributed by atoms with E-state index in [0.29, 0.717) is 18.0 Å². The Kier molecular flexibility index (Phi) is 3.40. The minimum absolute atomic E-state index is 0.586. The number of nitrogens with two attached hydrogens (primary N) is 1. The Morgan fingerprint density at radius 3 is 3.00 bits per heavy atom. The second-order valence-electron chi connectivity index (χ2n) is 3.37. The van der Waals surface area contributed by atoms with Crippen LogP contribution in [0.4, 0.5) is 0 Å². The lowest BCUT2D eigenvalue weighted by Gasteiger charge is -1.99. The van der Waals surface area contributed by atoms with E-state index in [1.54, 1.807) is 12.3 Å². The zero-order valence-electron chi connectivity index (χ0n) is 8.70. The summed E-state index contributed by atoms with van der Waals surface area (Å²) >= 11 is 6.08. The first-order valence-electron chi connectivity index (χ1n) is 5.04. The van der Waals surface area contributed by atoms with Gasteiger partial charge < -0.3 is 5.73 Å². The Morgan fingerprint density at radius 1 is 1.31 bits per heavy atom. The lowest BCUT2D eigenvalue weighted by molar-refractivity contribution is 1.03. The highest BCUT2D eigenvalue weighted by molar-refractivity contribution is 6.35. The molecule has 3 heteroatoms. The molecule has 1 heterocycles. The van der Waals surface area contributed by atoms with Gasteiger partial charge in [-0.15, -0.1) is 0 Å². The fourth-order valence-corrected chi connectivity index (χ4v) is 1.63. The van der Waals surface area contributed by atoms with E-state index in [4.69, 9.17) is 17.3 Å². The summed E-state index contributed by atoms with van der Waals surface area (Å²) in [5.41, 5.74) is 7.20. The maximum atomic E-state index is 6.08. The van der Waals surface area contributed by atoms with Gasteiger partial charge in [0.15, 0.2) is 0 Å². The molecule has 0 unspecified atom stereocenters. The van der Waals surface area contributed by atoms with Crippen LogP contribution >= 0.6 is 11.6 Å². The molecule has 1 aromatic heterocycles. The van der Waals surface area contributed by atoms with Crippen molar-refractivity contribution in [3.05, 3.63) is 41.0 Å². The predicted molar refractivity (Wildman–Crippen MR) is 67.3 cm³/mol. The first kappa shape index (κ1) is 10.9. The second-order valence-corrected chi connectivity index (χ2v) is 3.77. The van der Waals surface area contributed by atoms with Gasteiger partial charge in [0.25, 0.3) is 0 Å². The lowest BCUT2D eigenvalue weighted by Crippen LogP contribution is -1.95. The van der Waals surface area contributed by atoms with Crippen molar-refractivity contribution in [2.24, 2.45) is 5.73 Å². The van der Waals surface area contributed by atoms with Crippen LogP contribution in [0.1, 0.15) is 12.0 Å². The maximum Gasteiger partial charge on any atom is 0.0717 e. The number of hydrogen-bond donors (Lipinski definition) is 1. The third-order valence-electron chi connectivity index (χ3n) is 2.19. The van der Waals surface area contributed by atoms with Crippen LogP contribution in [-0.2, 0) is 0 Å². The standard InChI is InChI=1S/C13H11ClN2/c14-12-6-8-16-13-5-4-10(9-11(12)13)3-1-2-7-15/h4-6,8-9H,2,7,15H2. The molecule has 0 atom stereocenters. The van der Waals surface area contributed by atoms with Crippen LogP contribution in [0.25, 0.3) is 10.9 Å². The SMILES string of the molecule is NCCC#Cc1ccc2nccc(Cl)c2c1. The average molecular weight is 231 g/mol. The van der Waals surface area contributed by atoms with Crippen LogP contribution in [0.5, 0.6) is 0 Å². The van der Waals surface area contributed by atoms with Gasteiger partial charge in [-0.2, -0.15) is 0 Å². The summed E-state index contributed by atoms with van der Waals surface area (Å²) in [6.45, 7) is 0.586. The Morgan fingerprint density at radius 2 is 2.19 bits per heavy atom. The number of rotatable bonds is 1. The van der Waals surface area contributed by atoms with Gasteiger partial charge in [0.2, 0.25) is 0 Å². The van der Waals surface area contributed by atoms with E-state index in [1.165, 1.54) is 0 Å². The van der Waals surface area contributed by atoms with Crippen molar-refractivity contribution in [1.82, 2.24) is 4.98 Å². The van der Waals surface area contributed by atoms with Crippen molar-refractivity contribution < 1.29 is 0 Å². The summed E-state index contributed by atoms with van der Waals surface area (Å²) in [6.07, 6.45) is 2.41. The molecular weight excluding hydrogens is 220 g/mol. The van der Waals surface area contributed by atoms with E-state index < -0.39 is 0 Å². The molecule has 0 radical (unpaired) electrons. The summed E-state index contributed by atoms with van der Waals surface area (Å²) in [7, 11) is 0. The van der Waals surface area contributed by atoms with E-state index in [-0.39, 0.29) is 0 Å². The van der Waals surface area contributed by atoms with Gasteiger partial charge in [-0.3, -0.25) is 4.98 Å². The van der Waals surface area contributed by atoms with Crippen LogP contribution in [0, 0.1) is 11.8 Å². The van der Waals surface area contributed by atoms with Crippen LogP contribution < -0.4 is 5.73 Å². The van der Waals surface area contributed by atoms with Crippen molar-refractivity contribution >= 4 is 22.5 Å². The Bertz CT molecular complexity index is 567. The third kappa shape index (κ3) is 2.33. The zero-order chi connectivity index (χ0) is 11.4. The van der Waals surface area contributed by atoms with Crippen molar-refractivity contribution in [2.75, 3.05) is 6.54 Å². The Hall–Kier alpha value is -1.56. The van der Waals surface area contributed by atoms with Gasteiger partial charge in [0.1, 0.15) is 0 Å². The summed E-state index contributed by atoms with van der Waals surface area (Å²) in [5, 5.41) is 1.64. The van der Waals surface area contributed by atoms with E-state index in [0.717, 1.165) is 16.5 Å². The van der Waals surface area contributed by atoms with E-state index in [9.17, 15) is 0 Å². The molecule has 2 N–H and O–H groups in total. The van der Waals surface area contributed by atoms with Crippen molar-refractivity contribution in [2.45, 2.75) is 6.42 Å². The summed E-state index contributed by atoms with van der Waals surface area (Å²) < 4.78 is 0. The quantitative estimate of drug-likeness (QED) is 0.765. The number of nitrogens with zero attached hydrogens (tertiary/aromatic N) is 1. The number of benzene rings is 1. The highest BCUT2D eigenvalue weighted by atomic mass is 35.5. The fraction of sp³-hybridized carbons (Fsp3) is 0.154. The Labute approximate surface area is 99.4 Å². The molecule has 0 saturated carbocycles. The average Bonchev–Trinajstić information content (AvgIpc) is 2.30. The molecular formula is C13H11ClN2. The molecule has 2 nitrogen and oxygen atoms in total. The molecule has 16 heavy (non-hydrogen) atoms. The van der Waals surface area contributed by atoms with E-state index in [1.807, 2.05) is 18.2 Å². The normalized spacial score (nSPS) is 9.88. The van der Waals surface area contributed by atoms with Crippen molar-refractivity contribution in [3.63, 3.8) is 0 Å². The lowest BCUT2D eigenvalue weighted by atomic mass is 10.1. The summed E-state index contributed by atoms with van der Waals surface area (Å²) in [6, 6.07) is 7.60. The summed E-state index contributed by atoms with van der Waals surface area (Å²) in [4.78, 5) is 4.23. The monoisotopic (exact) mass is 230 g/mol. The molecule has 0 aliphatic rings.